The third-order valence-corrected chi connectivity index (χ3v) is 33.2. The Morgan fingerprint density at radius 1 is 0.174 bits per heavy atom. The molecule has 15 aliphatic rings. The van der Waals surface area contributed by atoms with Gasteiger partial charge in [-0.15, -0.1) is 0 Å². The molecule has 0 unspecified atom stereocenters. The Balaban J connectivity index is 0.934. The van der Waals surface area contributed by atoms with Crippen molar-refractivity contribution in [3.63, 3.8) is 0 Å². The summed E-state index contributed by atoms with van der Waals surface area (Å²) < 4.78 is 151. The van der Waals surface area contributed by atoms with Crippen LogP contribution in [-0.2, 0) is 23.0 Å². The molecule has 8 aromatic carbocycles. The molecule has 0 fully saturated rings. The Kier molecular flexibility index (Phi) is 27.3. The molecule has 0 amide bonds. The van der Waals surface area contributed by atoms with Crippen molar-refractivity contribution >= 4 is 47.0 Å². The molecule has 0 radical (unpaired) electrons. The highest BCUT2D eigenvalue weighted by molar-refractivity contribution is 7.99. The summed E-state index contributed by atoms with van der Waals surface area (Å²) in [4.78, 5) is 0. The van der Waals surface area contributed by atoms with E-state index in [0.29, 0.717) is 115 Å². The molecule has 0 aliphatic carbocycles. The number of benzene rings is 8. The first-order valence-corrected chi connectivity index (χ1v) is 54.4. The van der Waals surface area contributed by atoms with Crippen LogP contribution in [0.3, 0.4) is 0 Å². The van der Waals surface area contributed by atoms with Crippen LogP contribution in [0.1, 0.15) is 368 Å². The van der Waals surface area contributed by atoms with Gasteiger partial charge in [0.25, 0.3) is 0 Å². The minimum absolute atomic E-state index is 0.0908. The smallest absolute Gasteiger partial charge is 0.231 e. The van der Waals surface area contributed by atoms with Crippen LogP contribution < -0.4 is 94.7 Å². The van der Waals surface area contributed by atoms with Crippen molar-refractivity contribution < 1.29 is 94.7 Å². The van der Waals surface area contributed by atoms with Gasteiger partial charge in [0, 0.05) is 205 Å². The van der Waals surface area contributed by atoms with E-state index in [9.17, 15) is 0 Å². The van der Waals surface area contributed by atoms with Crippen LogP contribution in [-0.4, -0.2) is 104 Å². The van der Waals surface area contributed by atoms with Gasteiger partial charge in [-0.05, 0) is 99.9 Å². The summed E-state index contributed by atoms with van der Waals surface area (Å²) in [6.45, 7) is 18.2. The second kappa shape index (κ2) is 40.2. The van der Waals surface area contributed by atoms with E-state index in [4.69, 9.17) is 94.7 Å². The van der Waals surface area contributed by atoms with Crippen LogP contribution in [0.4, 0.5) is 0 Å². The lowest BCUT2D eigenvalue weighted by Gasteiger charge is -2.38. The molecule has 0 aromatic heterocycles. The molecule has 132 heavy (non-hydrogen) atoms. The van der Waals surface area contributed by atoms with Gasteiger partial charge in [0.15, 0.2) is 46.0 Å². The van der Waals surface area contributed by atoms with Crippen LogP contribution in [0.25, 0.3) is 0 Å². The van der Waals surface area contributed by atoms with Gasteiger partial charge in [0.1, 0.15) is 46.0 Å². The molecular formula is C108H128O20S4. The second-order valence-electron chi connectivity index (χ2n) is 37.4. The van der Waals surface area contributed by atoms with E-state index in [0.717, 1.165) is 311 Å². The lowest BCUT2D eigenvalue weighted by atomic mass is 9.74. The normalized spacial score (nSPS) is 21.6. The Bertz CT molecular complexity index is 4700. The zero-order valence-corrected chi connectivity index (χ0v) is 81.4. The maximum absolute atomic E-state index is 7.80. The third-order valence-electron chi connectivity index (χ3n) is 29.4. The van der Waals surface area contributed by atoms with Crippen molar-refractivity contribution in [3.8, 4) is 115 Å². The Morgan fingerprint density at radius 3 is 0.485 bits per heavy atom. The van der Waals surface area contributed by atoms with Gasteiger partial charge in [0.2, 0.25) is 77.3 Å². The monoisotopic (exact) mass is 1870 g/mol. The van der Waals surface area contributed by atoms with Gasteiger partial charge in [0.05, 0.1) is 26.4 Å². The second-order valence-corrected chi connectivity index (χ2v) is 41.8. The minimum atomic E-state index is -0.366. The molecule has 0 atom stereocenters. The highest BCUT2D eigenvalue weighted by Gasteiger charge is 2.48. The average molecular weight is 1870 g/mol. The van der Waals surface area contributed by atoms with Gasteiger partial charge in [-0.1, -0.05) is 158 Å². The summed E-state index contributed by atoms with van der Waals surface area (Å²) >= 11 is 7.19. The molecule has 8 aromatic rings. The average Bonchev–Trinajstić information content (AvgIpc) is 0.719. The van der Waals surface area contributed by atoms with Crippen LogP contribution in [0.5, 0.6) is 115 Å². The molecule has 24 heteroatoms. The highest BCUT2D eigenvalue weighted by atomic mass is 32.2. The predicted molar refractivity (Wildman–Crippen MR) is 518 cm³/mol. The van der Waals surface area contributed by atoms with Gasteiger partial charge < -0.3 is 94.7 Å². The van der Waals surface area contributed by atoms with E-state index in [2.05, 4.69) is 104 Å². The van der Waals surface area contributed by atoms with Gasteiger partial charge in [-0.25, -0.2) is 0 Å². The minimum Gasteiger partial charge on any atom is -0.486 e. The topological polar surface area (TPSA) is 185 Å². The fourth-order valence-corrected chi connectivity index (χ4v) is 26.7. The van der Waals surface area contributed by atoms with E-state index >= 15 is 0 Å². The summed E-state index contributed by atoms with van der Waals surface area (Å²) in [5.74, 6) is 14.5. The van der Waals surface area contributed by atoms with Crippen molar-refractivity contribution in [1.82, 2.24) is 0 Å². The Morgan fingerprint density at radius 2 is 0.326 bits per heavy atom. The number of hydrogen-bond donors (Lipinski definition) is 0. The van der Waals surface area contributed by atoms with E-state index < -0.39 is 0 Å². The van der Waals surface area contributed by atoms with Crippen molar-refractivity contribution in [2.75, 3.05) is 104 Å². The van der Waals surface area contributed by atoms with Crippen LogP contribution in [0.2, 0.25) is 0 Å². The molecule has 20 nitrogen and oxygen atoms in total. The fourth-order valence-electron chi connectivity index (χ4n) is 23.5. The molecule has 15 aliphatic heterocycles. The quantitative estimate of drug-likeness (QED) is 0.0520. The molecule has 0 saturated carbocycles. The fraction of sp³-hybridized carbons (Fsp3) is 0.556. The first kappa shape index (κ1) is 89.7. The maximum Gasteiger partial charge on any atom is 0.231 e. The first-order chi connectivity index (χ1) is 65.3. The largest absolute Gasteiger partial charge is 0.486 e. The summed E-state index contributed by atoms with van der Waals surface area (Å²) in [7, 11) is 0. The van der Waals surface area contributed by atoms with Crippen molar-refractivity contribution in [3.05, 3.63) is 160 Å². The lowest BCUT2D eigenvalue weighted by Crippen LogP contribution is -2.25. The van der Waals surface area contributed by atoms with Crippen molar-refractivity contribution in [2.45, 2.75) is 280 Å². The zero-order valence-electron chi connectivity index (χ0n) is 78.1. The molecule has 23 rings (SSSR count). The molecule has 0 spiro atoms. The third kappa shape index (κ3) is 16.3. The predicted octanol–water partition coefficient (Wildman–Crippen LogP) is 26.9. The lowest BCUT2D eigenvalue weighted by molar-refractivity contribution is 0.0833. The summed E-state index contributed by atoms with van der Waals surface area (Å²) in [5.41, 5.74) is 20.6. The molecule has 15 heterocycles. The van der Waals surface area contributed by atoms with Crippen molar-refractivity contribution in [1.29, 1.82) is 0 Å². The standard InChI is InChI=1S/C108H128O20S4/c1-9-17-21-29-65-77-45-79-66(30-22-18-10-2)81-47-83-68(32-24-20-12-4)84-48-82-67(31-23-19-11-3)80-46-78(65)98-106-100(80)124-59-126-102(82)108-104(84)128-60-127-103(83)107-101(81)125-58-123-99(79)105(97(77)121-57-122-98)109-33-37-129-49-85-89-69-41-71-62(26-14-6)73-43-75-64(28-16-8)76-44-74-63(27-15-7)72-42-70(61(69)25-13-5)90(114-53-113-89)86(50-130-38-34-110-106)92(72)116-55-118-94(74)88(52-132-40-36-112-108)96(76)120-56-119-95(75)87(51-131-39-35-111-107)93(73)117-54-115-91(71)85/h41-48,61-68H,9-40,49-60H2,1-8H3. The Labute approximate surface area is 794 Å². The van der Waals surface area contributed by atoms with Crippen LogP contribution in [0.15, 0.2) is 48.5 Å². The Hall–Kier alpha value is -8.84. The highest BCUT2D eigenvalue weighted by Crippen LogP contribution is 2.66. The molecule has 0 N–H and O–H groups in total. The number of thioether (sulfide) groups is 4. The summed E-state index contributed by atoms with van der Waals surface area (Å²) in [5, 5.41) is 0. The number of ether oxygens (including phenoxy) is 20. The van der Waals surface area contributed by atoms with E-state index in [1.807, 2.05) is 0 Å². The van der Waals surface area contributed by atoms with E-state index in [1.54, 1.807) is 47.0 Å². The van der Waals surface area contributed by atoms with Crippen LogP contribution in [0, 0.1) is 0 Å². The molecule has 0 saturated heterocycles. The van der Waals surface area contributed by atoms with Gasteiger partial charge >= 0.3 is 0 Å². The van der Waals surface area contributed by atoms with Crippen LogP contribution >= 0.6 is 47.0 Å². The van der Waals surface area contributed by atoms with Gasteiger partial charge in [-0.2, -0.15) is 47.0 Å². The first-order valence-electron chi connectivity index (χ1n) is 49.7. The SMILES string of the molecule is CCCCCC1c2cc3c4c5c2OCOc2c1cc1c6c2OCCSCc2c7c8cc9c2OCOc2c(cc%10c%11c2CSCCOc2c(c(cc%12c2OCOc2c(cc(c(c2OCCSCc2c%13c(cc(c2OCO%11)C%10CCC)C(CCC)c2cc(c(c(c2OCO%13)CSCCO5)OCO7)C8CCC)OCO4)C3CCCCC)C%12CCCCC)C1CCCCC)OCO6)C9CCC. The van der Waals surface area contributed by atoms with Crippen molar-refractivity contribution in [2.24, 2.45) is 0 Å². The van der Waals surface area contributed by atoms with E-state index in [-0.39, 0.29) is 128 Å². The number of rotatable bonds is 24. The maximum atomic E-state index is 7.80. The van der Waals surface area contributed by atoms with Gasteiger partial charge in [-0.3, -0.25) is 0 Å². The molecule has 704 valence electrons. The zero-order chi connectivity index (χ0) is 89.5. The van der Waals surface area contributed by atoms with E-state index in [1.165, 1.54) is 0 Å². The number of hydrogen-bond acceptors (Lipinski definition) is 24. The summed E-state index contributed by atoms with van der Waals surface area (Å²) in [6.07, 6.45) is 21.0. The summed E-state index contributed by atoms with van der Waals surface area (Å²) in [6, 6.07) is 19.8. The molecular weight excluding hydrogens is 1750 g/mol. The number of fused-ring (bicyclic) bond motifs is 8. The number of unbranched alkanes of at least 4 members (excludes halogenated alkanes) is 8. The molecule has 38 bridgehead atoms.